The molecule has 0 aromatic carbocycles. The molecule has 0 spiro atoms. The highest BCUT2D eigenvalue weighted by Crippen LogP contribution is 2.24. The fraction of sp³-hybridized carbons (Fsp3) is 1.00. The minimum absolute atomic E-state index is 0.0707. The Bertz CT molecular complexity index is 169. The van der Waals surface area contributed by atoms with Gasteiger partial charge in [-0.3, -0.25) is 10.9 Å². The summed E-state index contributed by atoms with van der Waals surface area (Å²) in [5, 5.41) is 0. The van der Waals surface area contributed by atoms with Crippen LogP contribution in [0.5, 0.6) is 0 Å². The van der Waals surface area contributed by atoms with E-state index in [0.29, 0.717) is 11.5 Å². The third-order valence-corrected chi connectivity index (χ3v) is 5.80. The Kier molecular flexibility index (Phi) is 2.06. The van der Waals surface area contributed by atoms with Gasteiger partial charge in [0.15, 0.2) is 9.84 Å². The lowest BCUT2D eigenvalue weighted by molar-refractivity contribution is 0.598. The van der Waals surface area contributed by atoms with Gasteiger partial charge in [0.05, 0.1) is 11.5 Å². The molecule has 0 radical (unpaired) electrons. The molecular formula is C5H12O2S2. The SMILES string of the molecule is C[SH]1CCS(=O)(=O)CC1. The van der Waals surface area contributed by atoms with E-state index < -0.39 is 9.84 Å². The second kappa shape index (κ2) is 2.50. The van der Waals surface area contributed by atoms with Gasteiger partial charge >= 0.3 is 0 Å². The quantitative estimate of drug-likeness (QED) is 0.518. The van der Waals surface area contributed by atoms with Crippen molar-refractivity contribution in [3.63, 3.8) is 0 Å². The summed E-state index contributed by atoms with van der Waals surface area (Å²) in [6.07, 6.45) is 2.17. The van der Waals surface area contributed by atoms with Crippen molar-refractivity contribution in [1.82, 2.24) is 0 Å². The molecule has 56 valence electrons. The minimum Gasteiger partial charge on any atom is -0.254 e. The molecule has 0 aromatic heterocycles. The normalized spacial score (nSPS) is 30.1. The molecular weight excluding hydrogens is 156 g/mol. The first-order valence-corrected chi connectivity index (χ1v) is 6.97. The van der Waals surface area contributed by atoms with Gasteiger partial charge < -0.3 is 0 Å². The molecule has 0 atom stereocenters. The fourth-order valence-electron chi connectivity index (χ4n) is 0.804. The minimum atomic E-state index is -2.60. The van der Waals surface area contributed by atoms with Crippen molar-refractivity contribution >= 4 is 20.7 Å². The predicted octanol–water partition coefficient (Wildman–Crippen LogP) is 0.0458. The fourth-order valence-corrected chi connectivity index (χ4v) is 5.95. The lowest BCUT2D eigenvalue weighted by Gasteiger charge is -2.20. The zero-order chi connectivity index (χ0) is 6.91. The second-order valence-electron chi connectivity index (χ2n) is 2.46. The van der Waals surface area contributed by atoms with Crippen molar-refractivity contribution < 1.29 is 8.42 Å². The van der Waals surface area contributed by atoms with E-state index in [1.807, 2.05) is 0 Å². The van der Waals surface area contributed by atoms with Gasteiger partial charge in [-0.1, -0.05) is 0 Å². The van der Waals surface area contributed by atoms with Crippen LogP contribution >= 0.6 is 10.9 Å². The van der Waals surface area contributed by atoms with Crippen molar-refractivity contribution in [3.05, 3.63) is 0 Å². The topological polar surface area (TPSA) is 34.1 Å². The lowest BCUT2D eigenvalue weighted by atomic mass is 10.9. The zero-order valence-corrected chi connectivity index (χ0v) is 7.21. The van der Waals surface area contributed by atoms with Crippen LogP contribution in [0.3, 0.4) is 0 Å². The Morgan fingerprint density at radius 1 is 1.22 bits per heavy atom. The summed E-state index contributed by atoms with van der Waals surface area (Å²) in [5.74, 6) is 2.74. The summed E-state index contributed by atoms with van der Waals surface area (Å²) in [6.45, 7) is 0. The van der Waals surface area contributed by atoms with Crippen molar-refractivity contribution in [2.24, 2.45) is 0 Å². The molecule has 9 heavy (non-hydrogen) atoms. The molecule has 0 amide bonds. The third kappa shape index (κ3) is 2.18. The van der Waals surface area contributed by atoms with Crippen LogP contribution in [0.2, 0.25) is 0 Å². The maximum absolute atomic E-state index is 10.8. The van der Waals surface area contributed by atoms with E-state index in [-0.39, 0.29) is 10.9 Å². The third-order valence-electron chi connectivity index (χ3n) is 1.57. The molecule has 0 aromatic rings. The first-order valence-electron chi connectivity index (χ1n) is 2.99. The van der Waals surface area contributed by atoms with Gasteiger partial charge in [-0.25, -0.2) is 8.42 Å². The molecule has 1 heterocycles. The van der Waals surface area contributed by atoms with E-state index in [1.165, 1.54) is 0 Å². The summed E-state index contributed by atoms with van der Waals surface area (Å²) < 4.78 is 21.6. The van der Waals surface area contributed by atoms with Crippen LogP contribution in [0.1, 0.15) is 0 Å². The van der Waals surface area contributed by atoms with E-state index in [9.17, 15) is 8.42 Å². The molecule has 1 saturated heterocycles. The average molecular weight is 168 g/mol. The van der Waals surface area contributed by atoms with Crippen molar-refractivity contribution in [3.8, 4) is 0 Å². The summed E-state index contributed by atoms with van der Waals surface area (Å²) in [7, 11) is -2.53. The number of hydrogen-bond acceptors (Lipinski definition) is 2. The number of rotatable bonds is 0. The number of thiol groups is 1. The molecule has 0 aliphatic carbocycles. The summed E-state index contributed by atoms with van der Waals surface area (Å²) in [4.78, 5) is 0. The first-order chi connectivity index (χ1) is 4.10. The first kappa shape index (κ1) is 7.41. The zero-order valence-electron chi connectivity index (χ0n) is 5.50. The Morgan fingerprint density at radius 3 is 2.00 bits per heavy atom. The molecule has 0 unspecified atom stereocenters. The van der Waals surface area contributed by atoms with Crippen LogP contribution in [0.15, 0.2) is 0 Å². The smallest absolute Gasteiger partial charge is 0.151 e. The highest BCUT2D eigenvalue weighted by atomic mass is 32.2. The summed E-state index contributed by atoms with van der Waals surface area (Å²) in [6, 6.07) is 0. The van der Waals surface area contributed by atoms with Gasteiger partial charge in [-0.05, 0) is 17.8 Å². The van der Waals surface area contributed by atoms with Gasteiger partial charge in [-0.15, -0.1) is 0 Å². The van der Waals surface area contributed by atoms with Crippen LogP contribution < -0.4 is 0 Å². The van der Waals surface area contributed by atoms with Gasteiger partial charge in [0.2, 0.25) is 0 Å². The van der Waals surface area contributed by atoms with Crippen LogP contribution in [0.25, 0.3) is 0 Å². The van der Waals surface area contributed by atoms with Gasteiger partial charge in [0, 0.05) is 0 Å². The van der Waals surface area contributed by atoms with Gasteiger partial charge in [-0.2, -0.15) is 0 Å². The van der Waals surface area contributed by atoms with E-state index in [0.717, 1.165) is 11.5 Å². The highest BCUT2D eigenvalue weighted by molar-refractivity contribution is 8.18. The van der Waals surface area contributed by atoms with E-state index >= 15 is 0 Å². The lowest BCUT2D eigenvalue weighted by Crippen LogP contribution is -2.23. The number of hydrogen-bond donors (Lipinski definition) is 1. The summed E-state index contributed by atoms with van der Waals surface area (Å²) in [5.41, 5.74) is 0. The van der Waals surface area contributed by atoms with E-state index in [2.05, 4.69) is 6.26 Å². The van der Waals surface area contributed by atoms with Crippen LogP contribution in [0.4, 0.5) is 0 Å². The molecule has 1 aliphatic heterocycles. The molecule has 1 aliphatic rings. The van der Waals surface area contributed by atoms with Gasteiger partial charge in [0.25, 0.3) is 0 Å². The second-order valence-corrected chi connectivity index (χ2v) is 7.37. The molecule has 1 fully saturated rings. The van der Waals surface area contributed by atoms with Gasteiger partial charge in [0.1, 0.15) is 0 Å². The van der Waals surface area contributed by atoms with E-state index in [1.54, 1.807) is 0 Å². The Labute approximate surface area is 58.9 Å². The number of sulfone groups is 1. The molecule has 0 saturated carbocycles. The predicted molar refractivity (Wildman–Crippen MR) is 43.3 cm³/mol. The molecule has 2 nitrogen and oxygen atoms in total. The van der Waals surface area contributed by atoms with Crippen molar-refractivity contribution in [2.45, 2.75) is 0 Å². The highest BCUT2D eigenvalue weighted by Gasteiger charge is 2.17. The molecule has 4 heteroatoms. The van der Waals surface area contributed by atoms with E-state index in [4.69, 9.17) is 0 Å². The Morgan fingerprint density at radius 2 is 1.67 bits per heavy atom. The average Bonchev–Trinajstić information content (AvgIpc) is 1.78. The van der Waals surface area contributed by atoms with Crippen LogP contribution in [-0.2, 0) is 9.84 Å². The molecule has 1 rings (SSSR count). The monoisotopic (exact) mass is 168 g/mol. The maximum Gasteiger partial charge on any atom is 0.151 e. The largest absolute Gasteiger partial charge is 0.254 e. The van der Waals surface area contributed by atoms with Crippen LogP contribution in [-0.4, -0.2) is 37.7 Å². The molecule has 0 N–H and O–H groups in total. The maximum atomic E-state index is 10.8. The van der Waals surface area contributed by atoms with Crippen LogP contribution in [0, 0.1) is 0 Å². The Balaban J connectivity index is 2.55. The Hall–Kier alpha value is 0.300. The summed E-state index contributed by atoms with van der Waals surface area (Å²) >= 11 is 0. The molecule has 0 bridgehead atoms. The van der Waals surface area contributed by atoms with Crippen molar-refractivity contribution in [1.29, 1.82) is 0 Å². The van der Waals surface area contributed by atoms with Crippen molar-refractivity contribution in [2.75, 3.05) is 29.3 Å². The standard InChI is InChI=1S/C5H12O2S2/c1-8-2-4-9(6,7)5-3-8/h8H,2-5H2,1H3.